The summed E-state index contributed by atoms with van der Waals surface area (Å²) in [5, 5.41) is 2.72. The Labute approximate surface area is 106 Å². The molecule has 3 nitrogen and oxygen atoms in total. The third kappa shape index (κ3) is 3.53. The van der Waals surface area contributed by atoms with Crippen molar-refractivity contribution in [3.05, 3.63) is 41.1 Å². The number of rotatable bonds is 5. The SMILES string of the molecule is CS/C(=C(/C)N)c1ccc(C(C)NC=O)cc1. The van der Waals surface area contributed by atoms with Gasteiger partial charge in [-0.2, -0.15) is 0 Å². The molecular formula is C13H18N2OS. The fraction of sp³-hybridized carbons (Fsp3) is 0.308. The highest BCUT2D eigenvalue weighted by molar-refractivity contribution is 8.07. The van der Waals surface area contributed by atoms with Crippen molar-refractivity contribution in [2.24, 2.45) is 5.73 Å². The molecule has 1 aromatic rings. The molecule has 3 N–H and O–H groups in total. The maximum Gasteiger partial charge on any atom is 0.207 e. The molecule has 0 bridgehead atoms. The number of hydrogen-bond donors (Lipinski definition) is 2. The molecule has 1 aromatic carbocycles. The first-order valence-electron chi connectivity index (χ1n) is 5.40. The lowest BCUT2D eigenvalue weighted by Crippen LogP contribution is -2.15. The molecule has 1 unspecified atom stereocenters. The van der Waals surface area contributed by atoms with Gasteiger partial charge in [0, 0.05) is 10.6 Å². The van der Waals surface area contributed by atoms with Crippen LogP contribution in [-0.4, -0.2) is 12.7 Å². The zero-order valence-electron chi connectivity index (χ0n) is 10.4. The van der Waals surface area contributed by atoms with E-state index < -0.39 is 0 Å². The van der Waals surface area contributed by atoms with Crippen LogP contribution in [0.4, 0.5) is 0 Å². The molecule has 1 amide bonds. The number of thioether (sulfide) groups is 1. The first-order valence-corrected chi connectivity index (χ1v) is 6.63. The van der Waals surface area contributed by atoms with E-state index in [4.69, 9.17) is 5.73 Å². The minimum Gasteiger partial charge on any atom is -0.401 e. The first kappa shape index (κ1) is 13.6. The second kappa shape index (κ2) is 6.35. The number of carbonyl (C=O) groups is 1. The van der Waals surface area contributed by atoms with Crippen molar-refractivity contribution in [1.82, 2.24) is 5.32 Å². The second-order valence-electron chi connectivity index (χ2n) is 3.84. The lowest BCUT2D eigenvalue weighted by Gasteiger charge is -2.12. The molecule has 0 radical (unpaired) electrons. The molecule has 0 saturated carbocycles. The van der Waals surface area contributed by atoms with E-state index in [0.29, 0.717) is 0 Å². The molecule has 1 atom stereocenters. The van der Waals surface area contributed by atoms with Gasteiger partial charge in [0.05, 0.1) is 6.04 Å². The molecule has 0 aliphatic carbocycles. The molecule has 0 aromatic heterocycles. The van der Waals surface area contributed by atoms with E-state index in [9.17, 15) is 4.79 Å². The number of carbonyl (C=O) groups excluding carboxylic acids is 1. The Bertz CT molecular complexity index is 408. The van der Waals surface area contributed by atoms with E-state index in [-0.39, 0.29) is 6.04 Å². The van der Waals surface area contributed by atoms with E-state index in [0.717, 1.165) is 28.1 Å². The number of hydrogen-bond acceptors (Lipinski definition) is 3. The molecule has 0 heterocycles. The van der Waals surface area contributed by atoms with Crippen LogP contribution >= 0.6 is 11.8 Å². The van der Waals surface area contributed by atoms with Crippen molar-refractivity contribution in [3.8, 4) is 0 Å². The monoisotopic (exact) mass is 250 g/mol. The van der Waals surface area contributed by atoms with Gasteiger partial charge in [-0.3, -0.25) is 4.79 Å². The maximum absolute atomic E-state index is 10.4. The summed E-state index contributed by atoms with van der Waals surface area (Å²) in [6.07, 6.45) is 2.73. The van der Waals surface area contributed by atoms with Crippen LogP contribution in [0.2, 0.25) is 0 Å². The summed E-state index contributed by atoms with van der Waals surface area (Å²) in [6.45, 7) is 3.85. The smallest absolute Gasteiger partial charge is 0.207 e. The Morgan fingerprint density at radius 2 is 2.00 bits per heavy atom. The Morgan fingerprint density at radius 1 is 1.41 bits per heavy atom. The Morgan fingerprint density at radius 3 is 2.41 bits per heavy atom. The van der Waals surface area contributed by atoms with Crippen molar-refractivity contribution in [1.29, 1.82) is 0 Å². The zero-order valence-corrected chi connectivity index (χ0v) is 11.2. The maximum atomic E-state index is 10.4. The van der Waals surface area contributed by atoms with Crippen molar-refractivity contribution >= 4 is 23.1 Å². The van der Waals surface area contributed by atoms with Crippen LogP contribution in [0.3, 0.4) is 0 Å². The predicted molar refractivity (Wildman–Crippen MR) is 74.4 cm³/mol. The zero-order chi connectivity index (χ0) is 12.8. The third-order valence-electron chi connectivity index (χ3n) is 2.55. The van der Waals surface area contributed by atoms with Gasteiger partial charge in [-0.15, -0.1) is 11.8 Å². The van der Waals surface area contributed by atoms with Gasteiger partial charge in [0.1, 0.15) is 0 Å². The topological polar surface area (TPSA) is 55.1 Å². The summed E-state index contributed by atoms with van der Waals surface area (Å²) >= 11 is 1.64. The molecule has 1 rings (SSSR count). The van der Waals surface area contributed by atoms with E-state index in [1.807, 2.05) is 44.4 Å². The fourth-order valence-corrected chi connectivity index (χ4v) is 2.32. The number of allylic oxidation sites excluding steroid dienone is 1. The van der Waals surface area contributed by atoms with Gasteiger partial charge in [-0.1, -0.05) is 24.3 Å². The standard InChI is InChI=1S/C13H18N2OS/c1-9(14)13(17-3)12-6-4-11(5-7-12)10(2)15-8-16/h4-8,10H,14H2,1-3H3,(H,15,16)/b13-9-. The van der Waals surface area contributed by atoms with Gasteiger partial charge in [-0.05, 0) is 31.2 Å². The van der Waals surface area contributed by atoms with E-state index in [2.05, 4.69) is 5.32 Å². The molecule has 0 aliphatic heterocycles. The van der Waals surface area contributed by atoms with Crippen molar-refractivity contribution in [2.45, 2.75) is 19.9 Å². The molecular weight excluding hydrogens is 232 g/mol. The highest BCUT2D eigenvalue weighted by Crippen LogP contribution is 2.27. The first-order chi connectivity index (χ1) is 8.10. The fourth-order valence-electron chi connectivity index (χ4n) is 1.63. The molecule has 0 spiro atoms. The summed E-state index contributed by atoms with van der Waals surface area (Å²) in [4.78, 5) is 11.5. The van der Waals surface area contributed by atoms with E-state index >= 15 is 0 Å². The third-order valence-corrected chi connectivity index (χ3v) is 3.52. The largest absolute Gasteiger partial charge is 0.401 e. The van der Waals surface area contributed by atoms with Gasteiger partial charge >= 0.3 is 0 Å². The lowest BCUT2D eigenvalue weighted by molar-refractivity contribution is -0.110. The van der Waals surface area contributed by atoms with Crippen LogP contribution in [0, 0.1) is 0 Å². The molecule has 0 saturated heterocycles. The highest BCUT2D eigenvalue weighted by atomic mass is 32.2. The lowest BCUT2D eigenvalue weighted by atomic mass is 10.1. The van der Waals surface area contributed by atoms with Gasteiger partial charge < -0.3 is 11.1 Å². The van der Waals surface area contributed by atoms with Crippen molar-refractivity contribution in [2.75, 3.05) is 6.26 Å². The minimum atomic E-state index is 0.0298. The summed E-state index contributed by atoms with van der Waals surface area (Å²) in [7, 11) is 0. The summed E-state index contributed by atoms with van der Waals surface area (Å²) in [6, 6.07) is 8.11. The highest BCUT2D eigenvalue weighted by Gasteiger charge is 2.06. The summed E-state index contributed by atoms with van der Waals surface area (Å²) in [5.74, 6) is 0. The van der Waals surface area contributed by atoms with Gasteiger partial charge in [0.15, 0.2) is 0 Å². The van der Waals surface area contributed by atoms with E-state index in [1.54, 1.807) is 11.8 Å². The Kier molecular flexibility index (Phi) is 5.10. The normalized spacial score (nSPS) is 13.8. The van der Waals surface area contributed by atoms with Crippen LogP contribution in [0.5, 0.6) is 0 Å². The molecule has 92 valence electrons. The number of amides is 1. The van der Waals surface area contributed by atoms with Gasteiger partial charge in [0.2, 0.25) is 6.41 Å². The van der Waals surface area contributed by atoms with Gasteiger partial charge in [-0.25, -0.2) is 0 Å². The van der Waals surface area contributed by atoms with Gasteiger partial charge in [0.25, 0.3) is 0 Å². The summed E-state index contributed by atoms with van der Waals surface area (Å²) in [5.41, 5.74) is 8.84. The number of nitrogens with two attached hydrogens (primary N) is 1. The molecule has 0 fully saturated rings. The summed E-state index contributed by atoms with van der Waals surface area (Å²) < 4.78 is 0. The Balaban J connectivity index is 2.95. The second-order valence-corrected chi connectivity index (χ2v) is 4.66. The van der Waals surface area contributed by atoms with E-state index in [1.165, 1.54) is 0 Å². The van der Waals surface area contributed by atoms with Crippen LogP contribution in [-0.2, 0) is 4.79 Å². The van der Waals surface area contributed by atoms with Crippen LogP contribution in [0.15, 0.2) is 30.0 Å². The van der Waals surface area contributed by atoms with Crippen molar-refractivity contribution in [3.63, 3.8) is 0 Å². The average Bonchev–Trinajstić information content (AvgIpc) is 2.30. The van der Waals surface area contributed by atoms with Crippen LogP contribution in [0.1, 0.15) is 31.0 Å². The Hall–Kier alpha value is -1.42. The number of benzene rings is 1. The average molecular weight is 250 g/mol. The molecule has 17 heavy (non-hydrogen) atoms. The predicted octanol–water partition coefficient (Wildman–Crippen LogP) is 2.50. The minimum absolute atomic E-state index is 0.0298. The number of nitrogens with one attached hydrogen (secondary N) is 1. The van der Waals surface area contributed by atoms with Crippen molar-refractivity contribution < 1.29 is 4.79 Å². The molecule has 4 heteroatoms. The molecule has 0 aliphatic rings. The van der Waals surface area contributed by atoms with Crippen LogP contribution in [0.25, 0.3) is 4.91 Å². The van der Waals surface area contributed by atoms with Crippen LogP contribution < -0.4 is 11.1 Å². The quantitative estimate of drug-likeness (QED) is 0.789.